The minimum atomic E-state index is -0.677. The van der Waals surface area contributed by atoms with Crippen LogP contribution in [0.4, 0.5) is 10.1 Å². The first-order chi connectivity index (χ1) is 13.4. The van der Waals surface area contributed by atoms with Gasteiger partial charge in [-0.25, -0.2) is 14.1 Å². The van der Waals surface area contributed by atoms with E-state index in [2.05, 4.69) is 0 Å². The molecule has 0 radical (unpaired) electrons. The molecule has 7 heteroatoms. The van der Waals surface area contributed by atoms with E-state index in [1.807, 2.05) is 6.92 Å². The summed E-state index contributed by atoms with van der Waals surface area (Å²) >= 11 is 6.09. The molecule has 2 aromatic carbocycles. The van der Waals surface area contributed by atoms with E-state index in [4.69, 9.17) is 16.3 Å². The Bertz CT molecular complexity index is 951. The highest BCUT2D eigenvalue weighted by molar-refractivity contribution is 6.60. The van der Waals surface area contributed by atoms with Gasteiger partial charge in [-0.15, -0.1) is 0 Å². The second-order valence-electron chi connectivity index (χ2n) is 6.18. The van der Waals surface area contributed by atoms with Gasteiger partial charge in [-0.05, 0) is 48.4 Å². The summed E-state index contributed by atoms with van der Waals surface area (Å²) in [6, 6.07) is 11.1. The van der Waals surface area contributed by atoms with Crippen molar-refractivity contribution >= 4 is 40.6 Å². The molecular weight excluding hydrogens is 385 g/mol. The van der Waals surface area contributed by atoms with Crippen molar-refractivity contribution in [3.63, 3.8) is 0 Å². The maximum absolute atomic E-state index is 13.1. The minimum absolute atomic E-state index is 0.00900. The maximum atomic E-state index is 13.1. The van der Waals surface area contributed by atoms with Crippen LogP contribution in [0, 0.1) is 5.82 Å². The summed E-state index contributed by atoms with van der Waals surface area (Å²) in [5.41, 5.74) is 0.949. The van der Waals surface area contributed by atoms with Gasteiger partial charge >= 0.3 is 5.97 Å². The molecule has 0 bridgehead atoms. The normalized spacial score (nSPS) is 14.0. The van der Waals surface area contributed by atoms with E-state index in [1.54, 1.807) is 0 Å². The van der Waals surface area contributed by atoms with E-state index < -0.39 is 23.6 Å². The Labute approximate surface area is 166 Å². The lowest BCUT2D eigenvalue weighted by Crippen LogP contribution is -2.31. The summed E-state index contributed by atoms with van der Waals surface area (Å²) in [5, 5.41) is -0.236. The highest BCUT2D eigenvalue weighted by Gasteiger charge is 2.39. The van der Waals surface area contributed by atoms with Gasteiger partial charge in [-0.1, -0.05) is 37.1 Å². The second kappa shape index (κ2) is 8.35. The van der Waals surface area contributed by atoms with Crippen LogP contribution in [0.25, 0.3) is 5.57 Å². The van der Waals surface area contributed by atoms with Gasteiger partial charge < -0.3 is 4.74 Å². The molecule has 1 aliphatic heterocycles. The van der Waals surface area contributed by atoms with E-state index in [9.17, 15) is 18.8 Å². The number of hydrogen-bond donors (Lipinski definition) is 0. The fraction of sp³-hybridized carbons (Fsp3) is 0.190. The van der Waals surface area contributed by atoms with Crippen LogP contribution in [0.1, 0.15) is 35.7 Å². The molecule has 5 nitrogen and oxygen atoms in total. The highest BCUT2D eigenvalue weighted by Crippen LogP contribution is 2.34. The molecule has 0 spiro atoms. The van der Waals surface area contributed by atoms with Gasteiger partial charge in [0.15, 0.2) is 0 Å². The Kier molecular flexibility index (Phi) is 5.90. The lowest BCUT2D eigenvalue weighted by atomic mass is 10.1. The number of carbonyl (C=O) groups excluding carboxylic acids is 3. The van der Waals surface area contributed by atoms with Gasteiger partial charge in [0.05, 0.1) is 23.4 Å². The third-order valence-corrected chi connectivity index (χ3v) is 4.60. The Morgan fingerprint density at radius 1 is 1.04 bits per heavy atom. The van der Waals surface area contributed by atoms with Gasteiger partial charge in [0.1, 0.15) is 10.8 Å². The van der Waals surface area contributed by atoms with E-state index >= 15 is 0 Å². The molecule has 2 aromatic rings. The third-order valence-electron chi connectivity index (χ3n) is 4.25. The number of halogens is 2. The number of hydrogen-bond acceptors (Lipinski definition) is 4. The topological polar surface area (TPSA) is 63.7 Å². The Morgan fingerprint density at radius 2 is 1.68 bits per heavy atom. The van der Waals surface area contributed by atoms with Crippen molar-refractivity contribution in [3.8, 4) is 0 Å². The lowest BCUT2D eigenvalue weighted by Gasteiger charge is -2.15. The van der Waals surface area contributed by atoms with Gasteiger partial charge in [0.2, 0.25) is 0 Å². The zero-order valence-corrected chi connectivity index (χ0v) is 15.8. The number of ether oxygens (including phenoxy) is 1. The number of anilines is 1. The van der Waals surface area contributed by atoms with Crippen molar-refractivity contribution in [2.24, 2.45) is 0 Å². The first-order valence-corrected chi connectivity index (χ1v) is 9.13. The molecule has 1 aliphatic rings. The Hall–Kier alpha value is -2.99. The molecule has 0 N–H and O–H groups in total. The van der Waals surface area contributed by atoms with Crippen molar-refractivity contribution in [2.75, 3.05) is 11.5 Å². The Balaban J connectivity index is 1.81. The molecule has 0 saturated heterocycles. The largest absolute Gasteiger partial charge is 0.462 e. The van der Waals surface area contributed by atoms with Crippen LogP contribution >= 0.6 is 11.6 Å². The summed E-state index contributed by atoms with van der Waals surface area (Å²) in [4.78, 5) is 38.2. The standard InChI is InChI=1S/C21H17ClFNO4/c1-2-3-12-28-21(27)14-6-10-16(11-7-14)24-19(25)17(18(22)20(24)26)13-4-8-15(23)9-5-13/h4-11H,2-3,12H2,1H3. The maximum Gasteiger partial charge on any atom is 0.338 e. The number of imide groups is 1. The van der Waals surface area contributed by atoms with E-state index in [0.717, 1.165) is 17.7 Å². The van der Waals surface area contributed by atoms with Crippen molar-refractivity contribution in [1.29, 1.82) is 0 Å². The van der Waals surface area contributed by atoms with Crippen LogP contribution in [-0.4, -0.2) is 24.4 Å². The molecule has 0 saturated carbocycles. The molecule has 0 unspecified atom stereocenters. The number of nitrogens with zero attached hydrogens (tertiary/aromatic N) is 1. The van der Waals surface area contributed by atoms with Crippen molar-refractivity contribution in [1.82, 2.24) is 0 Å². The van der Waals surface area contributed by atoms with Crippen molar-refractivity contribution < 1.29 is 23.5 Å². The summed E-state index contributed by atoms with van der Waals surface area (Å²) in [6.07, 6.45) is 1.69. The van der Waals surface area contributed by atoms with Gasteiger partial charge in [0, 0.05) is 0 Å². The van der Waals surface area contributed by atoms with Gasteiger partial charge in [0.25, 0.3) is 11.8 Å². The summed E-state index contributed by atoms with van der Waals surface area (Å²) in [7, 11) is 0. The molecule has 0 atom stereocenters. The molecule has 0 fully saturated rings. The number of esters is 1. The molecular formula is C21H17ClFNO4. The first kappa shape index (κ1) is 19.8. The van der Waals surface area contributed by atoms with E-state index in [-0.39, 0.29) is 16.3 Å². The monoisotopic (exact) mass is 401 g/mol. The fourth-order valence-corrected chi connectivity index (χ4v) is 3.02. The fourth-order valence-electron chi connectivity index (χ4n) is 2.74. The zero-order valence-electron chi connectivity index (χ0n) is 15.1. The molecule has 144 valence electrons. The van der Waals surface area contributed by atoms with E-state index in [0.29, 0.717) is 17.7 Å². The minimum Gasteiger partial charge on any atom is -0.462 e. The number of amides is 2. The predicted octanol–water partition coefficient (Wildman–Crippen LogP) is 4.31. The number of rotatable bonds is 6. The zero-order chi connectivity index (χ0) is 20.3. The number of benzene rings is 2. The summed E-state index contributed by atoms with van der Waals surface area (Å²) in [6.45, 7) is 2.33. The summed E-state index contributed by atoms with van der Waals surface area (Å²) < 4.78 is 18.3. The SMILES string of the molecule is CCCCOC(=O)c1ccc(N2C(=O)C(Cl)=C(c3ccc(F)cc3)C2=O)cc1. The molecule has 0 aliphatic carbocycles. The first-order valence-electron chi connectivity index (χ1n) is 8.75. The van der Waals surface area contributed by atoms with Crippen molar-refractivity contribution in [2.45, 2.75) is 19.8 Å². The van der Waals surface area contributed by atoms with Crippen LogP contribution in [0.2, 0.25) is 0 Å². The Morgan fingerprint density at radius 3 is 2.29 bits per heavy atom. The van der Waals surface area contributed by atoms with Crippen LogP contribution in [-0.2, 0) is 14.3 Å². The van der Waals surface area contributed by atoms with Crippen molar-refractivity contribution in [3.05, 3.63) is 70.5 Å². The number of unbranched alkanes of at least 4 members (excludes halogenated alkanes) is 1. The average molecular weight is 402 g/mol. The molecule has 0 aromatic heterocycles. The predicted molar refractivity (Wildman–Crippen MR) is 103 cm³/mol. The van der Waals surface area contributed by atoms with Crippen LogP contribution in [0.5, 0.6) is 0 Å². The lowest BCUT2D eigenvalue weighted by molar-refractivity contribution is -0.119. The molecule has 28 heavy (non-hydrogen) atoms. The highest BCUT2D eigenvalue weighted by atomic mass is 35.5. The summed E-state index contributed by atoms with van der Waals surface area (Å²) in [5.74, 6) is -2.22. The molecule has 3 rings (SSSR count). The number of carbonyl (C=O) groups is 3. The van der Waals surface area contributed by atoms with Crippen LogP contribution in [0.3, 0.4) is 0 Å². The molecule has 2 amide bonds. The van der Waals surface area contributed by atoms with Crippen LogP contribution in [0.15, 0.2) is 53.6 Å². The smallest absolute Gasteiger partial charge is 0.338 e. The average Bonchev–Trinajstić information content (AvgIpc) is 2.92. The third kappa shape index (κ3) is 3.82. The van der Waals surface area contributed by atoms with E-state index in [1.165, 1.54) is 48.5 Å². The van der Waals surface area contributed by atoms with Gasteiger partial charge in [-0.2, -0.15) is 0 Å². The molecule has 1 heterocycles. The van der Waals surface area contributed by atoms with Crippen LogP contribution < -0.4 is 4.90 Å². The quantitative estimate of drug-likeness (QED) is 0.411. The van der Waals surface area contributed by atoms with Gasteiger partial charge in [-0.3, -0.25) is 9.59 Å². The second-order valence-corrected chi connectivity index (χ2v) is 6.56.